The minimum atomic E-state index is 0.525. The first-order valence-electron chi connectivity index (χ1n) is 7.82. The maximum Gasteiger partial charge on any atom is 0.203 e. The standard InChI is InChI=1S/C19H19N3O4/c1-23-13-5-6-15(21-9-13)14-10-20-11-22-18(14)12-7-16(24-2)19(26-4)17(8-12)25-3/h5-11H,1-4H3. The Morgan fingerprint density at radius 1 is 0.769 bits per heavy atom. The smallest absolute Gasteiger partial charge is 0.203 e. The van der Waals surface area contributed by atoms with Crippen LogP contribution in [-0.4, -0.2) is 43.4 Å². The van der Waals surface area contributed by atoms with Crippen molar-refractivity contribution in [2.75, 3.05) is 28.4 Å². The monoisotopic (exact) mass is 353 g/mol. The Hall–Kier alpha value is -3.35. The third kappa shape index (κ3) is 3.23. The van der Waals surface area contributed by atoms with E-state index in [1.54, 1.807) is 40.8 Å². The van der Waals surface area contributed by atoms with Crippen LogP contribution >= 0.6 is 0 Å². The predicted molar refractivity (Wildman–Crippen MR) is 96.9 cm³/mol. The van der Waals surface area contributed by atoms with E-state index in [-0.39, 0.29) is 0 Å². The lowest BCUT2D eigenvalue weighted by atomic mass is 10.0. The molecule has 0 N–H and O–H groups in total. The van der Waals surface area contributed by atoms with E-state index in [9.17, 15) is 0 Å². The largest absolute Gasteiger partial charge is 0.495 e. The summed E-state index contributed by atoms with van der Waals surface area (Å²) in [6, 6.07) is 7.39. The minimum Gasteiger partial charge on any atom is -0.495 e. The Kier molecular flexibility index (Phi) is 5.17. The van der Waals surface area contributed by atoms with Gasteiger partial charge < -0.3 is 18.9 Å². The van der Waals surface area contributed by atoms with Gasteiger partial charge in [0.15, 0.2) is 11.5 Å². The number of methoxy groups -OCH3 is 4. The third-order valence-corrected chi connectivity index (χ3v) is 3.90. The highest BCUT2D eigenvalue weighted by molar-refractivity contribution is 5.80. The molecule has 3 rings (SSSR count). The van der Waals surface area contributed by atoms with Crippen molar-refractivity contribution in [2.45, 2.75) is 0 Å². The first-order valence-corrected chi connectivity index (χ1v) is 7.82. The third-order valence-electron chi connectivity index (χ3n) is 3.90. The average Bonchev–Trinajstić information content (AvgIpc) is 2.72. The number of hydrogen-bond donors (Lipinski definition) is 0. The van der Waals surface area contributed by atoms with Crippen molar-refractivity contribution in [3.05, 3.63) is 43.0 Å². The lowest BCUT2D eigenvalue weighted by molar-refractivity contribution is 0.324. The average molecular weight is 353 g/mol. The predicted octanol–water partition coefficient (Wildman–Crippen LogP) is 3.24. The molecule has 7 heteroatoms. The van der Waals surface area contributed by atoms with Gasteiger partial charge in [0, 0.05) is 17.3 Å². The molecule has 134 valence electrons. The number of aromatic nitrogens is 3. The fourth-order valence-corrected chi connectivity index (χ4v) is 2.63. The van der Waals surface area contributed by atoms with Gasteiger partial charge in [-0.3, -0.25) is 4.98 Å². The summed E-state index contributed by atoms with van der Waals surface area (Å²) in [7, 11) is 6.32. The highest BCUT2D eigenvalue weighted by Crippen LogP contribution is 2.42. The van der Waals surface area contributed by atoms with E-state index in [2.05, 4.69) is 15.0 Å². The zero-order valence-electron chi connectivity index (χ0n) is 15.0. The fourth-order valence-electron chi connectivity index (χ4n) is 2.63. The second kappa shape index (κ2) is 7.69. The van der Waals surface area contributed by atoms with Crippen molar-refractivity contribution in [1.29, 1.82) is 0 Å². The van der Waals surface area contributed by atoms with Crippen LogP contribution in [0.2, 0.25) is 0 Å². The summed E-state index contributed by atoms with van der Waals surface area (Å²) in [5, 5.41) is 0. The molecule has 2 heterocycles. The number of benzene rings is 1. The van der Waals surface area contributed by atoms with Crippen LogP contribution in [0.4, 0.5) is 0 Å². The number of nitrogens with zero attached hydrogens (tertiary/aromatic N) is 3. The number of hydrogen-bond acceptors (Lipinski definition) is 7. The molecule has 0 radical (unpaired) electrons. The van der Waals surface area contributed by atoms with Crippen LogP contribution in [0.25, 0.3) is 22.5 Å². The first kappa shape index (κ1) is 17.5. The molecule has 26 heavy (non-hydrogen) atoms. The maximum atomic E-state index is 5.44. The van der Waals surface area contributed by atoms with Crippen molar-refractivity contribution in [1.82, 2.24) is 15.0 Å². The van der Waals surface area contributed by atoms with Crippen molar-refractivity contribution in [3.8, 4) is 45.5 Å². The van der Waals surface area contributed by atoms with Crippen molar-refractivity contribution < 1.29 is 18.9 Å². The summed E-state index contributed by atoms with van der Waals surface area (Å²) < 4.78 is 21.4. The maximum absolute atomic E-state index is 5.44. The van der Waals surface area contributed by atoms with Gasteiger partial charge >= 0.3 is 0 Å². The molecule has 0 atom stereocenters. The lowest BCUT2D eigenvalue weighted by Crippen LogP contribution is -1.98. The van der Waals surface area contributed by atoms with Crippen LogP contribution in [-0.2, 0) is 0 Å². The lowest BCUT2D eigenvalue weighted by Gasteiger charge is -2.15. The molecule has 0 amide bonds. The molecule has 0 aliphatic carbocycles. The molecule has 3 aromatic rings. The normalized spacial score (nSPS) is 10.3. The second-order valence-corrected chi connectivity index (χ2v) is 5.28. The summed E-state index contributed by atoms with van der Waals surface area (Å²) in [5.74, 6) is 2.31. The molecular weight excluding hydrogens is 334 g/mol. The molecule has 0 spiro atoms. The highest BCUT2D eigenvalue weighted by atomic mass is 16.5. The van der Waals surface area contributed by atoms with Gasteiger partial charge in [-0.05, 0) is 24.3 Å². The van der Waals surface area contributed by atoms with E-state index < -0.39 is 0 Å². The quantitative estimate of drug-likeness (QED) is 0.673. The molecule has 1 aromatic carbocycles. The Bertz CT molecular complexity index is 873. The molecule has 0 bridgehead atoms. The Morgan fingerprint density at radius 3 is 2.04 bits per heavy atom. The summed E-state index contributed by atoms with van der Waals surface area (Å²) in [6.45, 7) is 0. The number of ether oxygens (including phenoxy) is 4. The van der Waals surface area contributed by atoms with Gasteiger partial charge in [0.25, 0.3) is 0 Å². The van der Waals surface area contributed by atoms with Crippen LogP contribution < -0.4 is 18.9 Å². The van der Waals surface area contributed by atoms with E-state index in [1.807, 2.05) is 24.3 Å². The van der Waals surface area contributed by atoms with Gasteiger partial charge in [0.1, 0.15) is 12.1 Å². The number of pyridine rings is 1. The van der Waals surface area contributed by atoms with Crippen molar-refractivity contribution >= 4 is 0 Å². The van der Waals surface area contributed by atoms with Crippen LogP contribution in [0.1, 0.15) is 0 Å². The van der Waals surface area contributed by atoms with Gasteiger partial charge in [0.05, 0.1) is 46.0 Å². The molecule has 0 aliphatic rings. The number of rotatable bonds is 6. The van der Waals surface area contributed by atoms with E-state index in [0.29, 0.717) is 28.7 Å². The molecule has 0 fully saturated rings. The Balaban J connectivity index is 2.16. The van der Waals surface area contributed by atoms with Gasteiger partial charge in [-0.25, -0.2) is 9.97 Å². The van der Waals surface area contributed by atoms with Gasteiger partial charge in [-0.2, -0.15) is 0 Å². The molecule has 0 aliphatic heterocycles. The molecule has 2 aromatic heterocycles. The van der Waals surface area contributed by atoms with E-state index >= 15 is 0 Å². The first-order chi connectivity index (χ1) is 12.7. The summed E-state index contributed by atoms with van der Waals surface area (Å²) in [5.41, 5.74) is 3.02. The minimum absolute atomic E-state index is 0.525. The van der Waals surface area contributed by atoms with Crippen LogP contribution in [0.3, 0.4) is 0 Å². The van der Waals surface area contributed by atoms with Gasteiger partial charge in [-0.15, -0.1) is 0 Å². The van der Waals surface area contributed by atoms with Crippen LogP contribution in [0.15, 0.2) is 43.0 Å². The second-order valence-electron chi connectivity index (χ2n) is 5.28. The summed E-state index contributed by atoms with van der Waals surface area (Å²) in [4.78, 5) is 13.0. The van der Waals surface area contributed by atoms with Crippen molar-refractivity contribution in [2.24, 2.45) is 0 Å². The highest BCUT2D eigenvalue weighted by Gasteiger charge is 2.17. The van der Waals surface area contributed by atoms with E-state index in [1.165, 1.54) is 6.33 Å². The zero-order valence-corrected chi connectivity index (χ0v) is 15.0. The van der Waals surface area contributed by atoms with E-state index in [0.717, 1.165) is 16.8 Å². The van der Waals surface area contributed by atoms with E-state index in [4.69, 9.17) is 18.9 Å². The summed E-state index contributed by atoms with van der Waals surface area (Å²) in [6.07, 6.45) is 4.87. The van der Waals surface area contributed by atoms with Crippen LogP contribution in [0.5, 0.6) is 23.0 Å². The van der Waals surface area contributed by atoms with Gasteiger partial charge in [0.2, 0.25) is 5.75 Å². The molecule has 0 unspecified atom stereocenters. The summed E-state index contributed by atoms with van der Waals surface area (Å²) >= 11 is 0. The molecule has 0 saturated heterocycles. The molecular formula is C19H19N3O4. The Labute approximate surface area is 151 Å². The molecule has 0 saturated carbocycles. The topological polar surface area (TPSA) is 75.6 Å². The zero-order chi connectivity index (χ0) is 18.5. The Morgan fingerprint density at radius 2 is 1.50 bits per heavy atom. The molecule has 7 nitrogen and oxygen atoms in total. The van der Waals surface area contributed by atoms with Gasteiger partial charge in [-0.1, -0.05) is 0 Å². The van der Waals surface area contributed by atoms with Crippen LogP contribution in [0, 0.1) is 0 Å². The SMILES string of the molecule is COc1ccc(-c2cncnc2-c2cc(OC)c(OC)c(OC)c2)nc1. The van der Waals surface area contributed by atoms with Crippen molar-refractivity contribution in [3.63, 3.8) is 0 Å². The fraction of sp³-hybridized carbons (Fsp3) is 0.211.